The summed E-state index contributed by atoms with van der Waals surface area (Å²) in [6.45, 7) is 2.30. The van der Waals surface area contributed by atoms with Crippen molar-refractivity contribution in [2.45, 2.75) is 165 Å². The molecule has 0 saturated carbocycles. The monoisotopic (exact) mass is 486 g/mol. The van der Waals surface area contributed by atoms with Crippen LogP contribution in [0.25, 0.3) is 0 Å². The third-order valence-electron chi connectivity index (χ3n) is 6.21. The minimum absolute atomic E-state index is 1.38. The first-order chi connectivity index (χ1) is 15.4. The largest absolute Gasteiger partial charge is 0.394 e. The number of unbranched alkanes of at least 4 members (excludes halogenated alkanes) is 23. The number of hydrogen-bond donors (Lipinski definition) is 2. The van der Waals surface area contributed by atoms with Gasteiger partial charge in [0.1, 0.15) is 0 Å². The van der Waals surface area contributed by atoms with Crippen molar-refractivity contribution in [3.63, 3.8) is 0 Å². The van der Waals surface area contributed by atoms with Crippen molar-refractivity contribution in [1.82, 2.24) is 0 Å². The minimum Gasteiger partial charge on any atom is -0.264 e. The van der Waals surface area contributed by atoms with Crippen LogP contribution in [0, 0.1) is 0 Å². The Morgan fingerprint density at radius 3 is 0.750 bits per heavy atom. The van der Waals surface area contributed by atoms with Gasteiger partial charge in [-0.05, 0) is 0 Å². The summed E-state index contributed by atoms with van der Waals surface area (Å²) in [4.78, 5) is 0. The summed E-state index contributed by atoms with van der Waals surface area (Å²) >= 11 is 1.41. The third kappa shape index (κ3) is 44.5. The van der Waals surface area contributed by atoms with E-state index in [2.05, 4.69) is 6.92 Å². The molecule has 0 saturated heterocycles. The maximum Gasteiger partial charge on any atom is 0.394 e. The Morgan fingerprint density at radius 2 is 0.594 bits per heavy atom. The van der Waals surface area contributed by atoms with Gasteiger partial charge in [0.2, 0.25) is 0 Å². The Morgan fingerprint density at radius 1 is 0.438 bits per heavy atom. The van der Waals surface area contributed by atoms with Crippen LogP contribution >= 0.6 is 0 Å². The van der Waals surface area contributed by atoms with Crippen LogP contribution in [-0.2, 0) is 10.4 Å². The number of rotatable bonds is 24. The molecule has 0 aromatic heterocycles. The zero-order chi connectivity index (χ0) is 24.2. The topological polar surface area (TPSA) is 74.6 Å². The van der Waals surface area contributed by atoms with E-state index in [1.54, 1.807) is 0 Å². The standard InChI is InChI=1S/C26H53.Na.H2O4S/c1-3-5-7-9-11-13-15-17-19-21-23-25-26-24-22-20-18-16-14-12-10-8-6-4-2;;1-5(2,3)4/h1,3-26H2,2H3;;(H2,1,2,3,4). The van der Waals surface area contributed by atoms with Gasteiger partial charge >= 0.3 is 113 Å². The van der Waals surface area contributed by atoms with E-state index in [9.17, 15) is 0 Å². The SMILES string of the molecule is CCCCCCCCCCCCCCCCCCCCCCCCC[CH2][Na].O=S(=O)(O)O. The van der Waals surface area contributed by atoms with Crippen LogP contribution in [0.3, 0.4) is 0 Å². The van der Waals surface area contributed by atoms with E-state index in [0.717, 1.165) is 0 Å². The van der Waals surface area contributed by atoms with Crippen LogP contribution in [-0.4, -0.2) is 45.5 Å². The van der Waals surface area contributed by atoms with Gasteiger partial charge in [0.15, 0.2) is 0 Å². The smallest absolute Gasteiger partial charge is 0.264 e. The first-order valence-corrected chi connectivity index (χ1v) is 16.9. The zero-order valence-electron chi connectivity index (χ0n) is 21.8. The molecule has 2 N–H and O–H groups in total. The molecular weight excluding hydrogens is 431 g/mol. The van der Waals surface area contributed by atoms with Crippen LogP contribution in [0.5, 0.6) is 0 Å². The van der Waals surface area contributed by atoms with Crippen LogP contribution in [0.1, 0.15) is 161 Å². The van der Waals surface area contributed by atoms with Gasteiger partial charge < -0.3 is 0 Å². The molecule has 0 amide bonds. The van der Waals surface area contributed by atoms with Crippen LogP contribution in [0.15, 0.2) is 0 Å². The Bertz CT molecular complexity index is 398. The molecule has 0 aliphatic rings. The average molecular weight is 487 g/mol. The molecule has 0 radical (unpaired) electrons. The van der Waals surface area contributed by atoms with E-state index < -0.39 is 10.4 Å². The van der Waals surface area contributed by atoms with Crippen molar-refractivity contribution in [3.8, 4) is 0 Å². The van der Waals surface area contributed by atoms with Gasteiger partial charge in [0.25, 0.3) is 0 Å². The summed E-state index contributed by atoms with van der Waals surface area (Å²) in [7, 11) is -4.67. The molecule has 0 aromatic carbocycles. The first-order valence-electron chi connectivity index (χ1n) is 14.1. The molecule has 0 fully saturated rings. The summed E-state index contributed by atoms with van der Waals surface area (Å²) in [5, 5.41) is 0. The van der Waals surface area contributed by atoms with E-state index in [4.69, 9.17) is 17.5 Å². The molecule has 0 aromatic rings. The molecule has 0 atom stereocenters. The summed E-state index contributed by atoms with van der Waals surface area (Å²) in [5.41, 5.74) is 0. The molecule has 0 aliphatic carbocycles. The molecule has 0 bridgehead atoms. The third-order valence-corrected chi connectivity index (χ3v) is 6.91. The van der Waals surface area contributed by atoms with Crippen molar-refractivity contribution < 1.29 is 17.5 Å². The predicted octanol–water partition coefficient (Wildman–Crippen LogP) is 9.30. The maximum absolute atomic E-state index is 8.74. The van der Waals surface area contributed by atoms with E-state index in [1.165, 1.54) is 186 Å². The fourth-order valence-electron chi connectivity index (χ4n) is 4.21. The van der Waals surface area contributed by atoms with Crippen LogP contribution in [0.4, 0.5) is 0 Å². The van der Waals surface area contributed by atoms with Crippen molar-refractivity contribution in [2.75, 3.05) is 0 Å². The van der Waals surface area contributed by atoms with E-state index in [-0.39, 0.29) is 0 Å². The Kier molecular flexibility index (Phi) is 32.7. The second-order valence-electron chi connectivity index (χ2n) is 9.58. The van der Waals surface area contributed by atoms with Crippen LogP contribution < -0.4 is 0 Å². The van der Waals surface area contributed by atoms with E-state index >= 15 is 0 Å². The van der Waals surface area contributed by atoms with Gasteiger partial charge in [0.05, 0.1) is 0 Å². The molecular formula is C26H55NaO4S. The molecule has 0 spiro atoms. The van der Waals surface area contributed by atoms with Gasteiger partial charge in [-0.15, -0.1) is 0 Å². The van der Waals surface area contributed by atoms with Gasteiger partial charge in [-0.1, -0.05) is 90.4 Å². The van der Waals surface area contributed by atoms with Gasteiger partial charge in [0, 0.05) is 0 Å². The fraction of sp³-hybridized carbons (Fsp3) is 1.00. The zero-order valence-corrected chi connectivity index (χ0v) is 24.6. The summed E-state index contributed by atoms with van der Waals surface area (Å²) in [5.74, 6) is 0. The van der Waals surface area contributed by atoms with Crippen molar-refractivity contribution in [3.05, 3.63) is 0 Å². The first kappa shape index (κ1) is 35.0. The summed E-state index contributed by atoms with van der Waals surface area (Å²) in [6, 6.07) is 0. The maximum atomic E-state index is 8.74. The van der Waals surface area contributed by atoms with Gasteiger partial charge in [-0.3, -0.25) is 9.11 Å². The molecule has 4 nitrogen and oxygen atoms in total. The Hall–Kier alpha value is 0.870. The molecule has 0 heterocycles. The van der Waals surface area contributed by atoms with Crippen molar-refractivity contribution in [2.24, 2.45) is 0 Å². The van der Waals surface area contributed by atoms with Crippen LogP contribution in [0.2, 0.25) is 3.67 Å². The van der Waals surface area contributed by atoms with Crippen molar-refractivity contribution >= 4 is 38.3 Å². The normalized spacial score (nSPS) is 11.4. The quantitative estimate of drug-likeness (QED) is 0.0809. The molecule has 6 heteroatoms. The molecule has 0 aliphatic heterocycles. The van der Waals surface area contributed by atoms with Crippen molar-refractivity contribution in [1.29, 1.82) is 0 Å². The Labute approximate surface area is 219 Å². The summed E-state index contributed by atoms with van der Waals surface area (Å²) in [6.07, 6.45) is 35.7. The Balaban J connectivity index is 0. The molecule has 0 rings (SSSR count). The average Bonchev–Trinajstić information content (AvgIpc) is 2.73. The van der Waals surface area contributed by atoms with E-state index in [1.807, 2.05) is 0 Å². The van der Waals surface area contributed by atoms with Gasteiger partial charge in [-0.2, -0.15) is 8.42 Å². The second-order valence-corrected chi connectivity index (χ2v) is 11.5. The predicted molar refractivity (Wildman–Crippen MR) is 141 cm³/mol. The molecule has 32 heavy (non-hydrogen) atoms. The molecule has 0 unspecified atom stereocenters. The molecule has 190 valence electrons. The second kappa shape index (κ2) is 29.9. The summed E-state index contributed by atoms with van der Waals surface area (Å²) < 4.78 is 33.1. The fourth-order valence-corrected chi connectivity index (χ4v) is 4.71. The minimum atomic E-state index is -4.67. The van der Waals surface area contributed by atoms with E-state index in [0.29, 0.717) is 0 Å². The van der Waals surface area contributed by atoms with Gasteiger partial charge in [-0.25, -0.2) is 0 Å². The number of hydrogen-bond acceptors (Lipinski definition) is 2.